The highest BCUT2D eigenvalue weighted by atomic mass is 16.5. The van der Waals surface area contributed by atoms with Crippen LogP contribution in [0.1, 0.15) is 16.1 Å². The van der Waals surface area contributed by atoms with E-state index in [1.807, 2.05) is 48.7 Å². The molecular formula is C23H16N4O2. The number of nitriles is 1. The average molecular weight is 380 g/mol. The largest absolute Gasteiger partial charge is 0.457 e. The Morgan fingerprint density at radius 3 is 2.55 bits per heavy atom. The highest BCUT2D eigenvalue weighted by Gasteiger charge is 2.11. The summed E-state index contributed by atoms with van der Waals surface area (Å²) < 4.78 is 6.06. The minimum Gasteiger partial charge on any atom is -0.457 e. The normalized spacial score (nSPS) is 10.3. The summed E-state index contributed by atoms with van der Waals surface area (Å²) in [5.74, 6) is 0.704. The molecule has 0 aliphatic carbocycles. The Balaban J connectivity index is 1.62. The minimum atomic E-state index is -0.565. The monoisotopic (exact) mass is 380 g/mol. The Hall–Kier alpha value is -4.37. The van der Waals surface area contributed by atoms with Gasteiger partial charge in [0.1, 0.15) is 17.2 Å². The van der Waals surface area contributed by atoms with Gasteiger partial charge in [0, 0.05) is 23.0 Å². The number of nitrogens with one attached hydrogen (secondary N) is 1. The van der Waals surface area contributed by atoms with Crippen LogP contribution < -0.4 is 10.5 Å². The number of aromatic amines is 1. The van der Waals surface area contributed by atoms with Gasteiger partial charge < -0.3 is 15.5 Å². The second-order valence-electron chi connectivity index (χ2n) is 6.31. The summed E-state index contributed by atoms with van der Waals surface area (Å²) in [6.07, 6.45) is 1.82. The molecule has 0 fully saturated rings. The predicted octanol–water partition coefficient (Wildman–Crippen LogP) is 4.51. The fraction of sp³-hybridized carbons (Fsp3) is 0. The molecule has 4 rings (SSSR count). The molecule has 1 amide bonds. The van der Waals surface area contributed by atoms with Gasteiger partial charge in [0.05, 0.1) is 17.3 Å². The third-order valence-electron chi connectivity index (χ3n) is 4.38. The molecule has 0 saturated carbocycles. The summed E-state index contributed by atoms with van der Waals surface area (Å²) in [5, 5.41) is 9.20. The van der Waals surface area contributed by atoms with Crippen LogP contribution in [0, 0.1) is 11.3 Å². The Bertz CT molecular complexity index is 1210. The summed E-state index contributed by atoms with van der Waals surface area (Å²) in [6.45, 7) is 0. The van der Waals surface area contributed by atoms with E-state index >= 15 is 0 Å². The van der Waals surface area contributed by atoms with Crippen LogP contribution in [-0.2, 0) is 0 Å². The molecule has 2 aromatic heterocycles. The maximum Gasteiger partial charge on any atom is 0.267 e. The number of carbonyl (C=O) groups excluding carboxylic acids is 1. The average Bonchev–Trinajstić information content (AvgIpc) is 3.29. The Morgan fingerprint density at radius 2 is 1.86 bits per heavy atom. The Labute approximate surface area is 167 Å². The lowest BCUT2D eigenvalue weighted by atomic mass is 10.1. The number of aromatic nitrogens is 2. The molecule has 4 aromatic rings. The number of amides is 1. The van der Waals surface area contributed by atoms with Crippen LogP contribution in [0.5, 0.6) is 11.5 Å². The van der Waals surface area contributed by atoms with Crippen LogP contribution in [0.15, 0.2) is 79.0 Å². The smallest absolute Gasteiger partial charge is 0.267 e. The Morgan fingerprint density at radius 1 is 1.03 bits per heavy atom. The maximum atomic E-state index is 11.3. The molecule has 0 bridgehead atoms. The third-order valence-corrected chi connectivity index (χ3v) is 4.38. The van der Waals surface area contributed by atoms with Gasteiger partial charge in [-0.3, -0.25) is 4.79 Å². The lowest BCUT2D eigenvalue weighted by Crippen LogP contribution is -2.12. The van der Waals surface area contributed by atoms with Gasteiger partial charge in [0.2, 0.25) is 0 Å². The van der Waals surface area contributed by atoms with Crippen molar-refractivity contribution in [1.82, 2.24) is 9.97 Å². The number of ether oxygens (including phenoxy) is 1. The van der Waals surface area contributed by atoms with Gasteiger partial charge in [0.15, 0.2) is 0 Å². The van der Waals surface area contributed by atoms with Crippen molar-refractivity contribution < 1.29 is 9.53 Å². The van der Waals surface area contributed by atoms with Gasteiger partial charge in [-0.25, -0.2) is 4.98 Å². The van der Waals surface area contributed by atoms with E-state index in [1.165, 1.54) is 0 Å². The van der Waals surface area contributed by atoms with E-state index in [1.54, 1.807) is 30.3 Å². The van der Waals surface area contributed by atoms with E-state index in [9.17, 15) is 10.1 Å². The van der Waals surface area contributed by atoms with Crippen molar-refractivity contribution in [2.75, 3.05) is 0 Å². The number of rotatable bonds is 5. The molecule has 29 heavy (non-hydrogen) atoms. The van der Waals surface area contributed by atoms with Crippen LogP contribution in [0.3, 0.4) is 0 Å². The zero-order valence-corrected chi connectivity index (χ0v) is 15.3. The number of pyridine rings is 1. The quantitative estimate of drug-likeness (QED) is 0.531. The highest BCUT2D eigenvalue weighted by molar-refractivity contribution is 5.91. The molecule has 0 aliphatic heterocycles. The first-order valence-corrected chi connectivity index (χ1v) is 8.87. The molecule has 6 nitrogen and oxygen atoms in total. The van der Waals surface area contributed by atoms with Gasteiger partial charge in [0.25, 0.3) is 5.91 Å². The van der Waals surface area contributed by atoms with Gasteiger partial charge >= 0.3 is 0 Å². The van der Waals surface area contributed by atoms with E-state index < -0.39 is 5.91 Å². The molecular weight excluding hydrogens is 364 g/mol. The zero-order valence-electron chi connectivity index (χ0n) is 15.3. The van der Waals surface area contributed by atoms with Crippen LogP contribution in [-0.4, -0.2) is 15.9 Å². The lowest BCUT2D eigenvalue weighted by molar-refractivity contribution is 0.0995. The standard InChI is InChI=1S/C23H16N4O2/c24-14-15-6-11-22(18(13-15)20-5-2-12-26-20)29-17-9-7-16(8-10-17)19-3-1-4-21(27-19)23(25)28/h1-13,26H,(H2,25,28). The van der Waals surface area contributed by atoms with Crippen molar-refractivity contribution in [2.45, 2.75) is 0 Å². The van der Waals surface area contributed by atoms with Crippen molar-refractivity contribution in [3.63, 3.8) is 0 Å². The number of nitrogens with zero attached hydrogens (tertiary/aromatic N) is 2. The number of primary amides is 1. The number of hydrogen-bond donors (Lipinski definition) is 2. The van der Waals surface area contributed by atoms with E-state index in [0.717, 1.165) is 16.8 Å². The second-order valence-corrected chi connectivity index (χ2v) is 6.31. The van der Waals surface area contributed by atoms with Crippen molar-refractivity contribution in [3.05, 3.63) is 90.3 Å². The summed E-state index contributed by atoms with van der Waals surface area (Å²) in [7, 11) is 0. The predicted molar refractivity (Wildman–Crippen MR) is 109 cm³/mol. The number of carbonyl (C=O) groups is 1. The zero-order chi connectivity index (χ0) is 20.2. The molecule has 3 N–H and O–H groups in total. The molecule has 2 heterocycles. The van der Waals surface area contributed by atoms with Crippen LogP contribution in [0.4, 0.5) is 0 Å². The fourth-order valence-electron chi connectivity index (χ4n) is 2.95. The molecule has 0 atom stereocenters. The number of benzene rings is 2. The number of nitrogens with two attached hydrogens (primary N) is 1. The van der Waals surface area contributed by atoms with E-state index in [2.05, 4.69) is 16.0 Å². The van der Waals surface area contributed by atoms with Crippen LogP contribution in [0.2, 0.25) is 0 Å². The van der Waals surface area contributed by atoms with Crippen molar-refractivity contribution >= 4 is 5.91 Å². The number of hydrogen-bond acceptors (Lipinski definition) is 4. The van der Waals surface area contributed by atoms with Crippen LogP contribution in [0.25, 0.3) is 22.5 Å². The van der Waals surface area contributed by atoms with E-state index in [0.29, 0.717) is 22.8 Å². The first kappa shape index (κ1) is 18.0. The second kappa shape index (κ2) is 7.71. The van der Waals surface area contributed by atoms with E-state index in [4.69, 9.17) is 10.5 Å². The first-order valence-electron chi connectivity index (χ1n) is 8.87. The topological polar surface area (TPSA) is 105 Å². The summed E-state index contributed by atoms with van der Waals surface area (Å²) >= 11 is 0. The van der Waals surface area contributed by atoms with Gasteiger partial charge in [-0.15, -0.1) is 0 Å². The number of H-pyrrole nitrogens is 1. The maximum absolute atomic E-state index is 11.3. The SMILES string of the molecule is N#Cc1ccc(Oc2ccc(-c3cccc(C(N)=O)n3)cc2)c(-c2ccc[nH]2)c1. The highest BCUT2D eigenvalue weighted by Crippen LogP contribution is 2.34. The molecule has 0 spiro atoms. The van der Waals surface area contributed by atoms with Crippen molar-refractivity contribution in [3.8, 4) is 40.1 Å². The molecule has 0 saturated heterocycles. The van der Waals surface area contributed by atoms with Crippen molar-refractivity contribution in [1.29, 1.82) is 5.26 Å². The molecule has 6 heteroatoms. The molecule has 0 radical (unpaired) electrons. The summed E-state index contributed by atoms with van der Waals surface area (Å²) in [5.41, 5.74) is 9.22. The van der Waals surface area contributed by atoms with Gasteiger partial charge in [-0.05, 0) is 66.7 Å². The Kier molecular flexibility index (Phi) is 4.79. The summed E-state index contributed by atoms with van der Waals surface area (Å²) in [4.78, 5) is 18.7. The van der Waals surface area contributed by atoms with E-state index in [-0.39, 0.29) is 5.69 Å². The third kappa shape index (κ3) is 3.84. The molecule has 140 valence electrons. The van der Waals surface area contributed by atoms with Gasteiger partial charge in [-0.2, -0.15) is 5.26 Å². The molecule has 0 unspecified atom stereocenters. The summed E-state index contributed by atoms with van der Waals surface area (Å²) in [6, 6.07) is 23.7. The lowest BCUT2D eigenvalue weighted by Gasteiger charge is -2.11. The minimum absolute atomic E-state index is 0.219. The fourth-order valence-corrected chi connectivity index (χ4v) is 2.95. The molecule has 2 aromatic carbocycles. The van der Waals surface area contributed by atoms with Crippen LogP contribution >= 0.6 is 0 Å². The van der Waals surface area contributed by atoms with Crippen molar-refractivity contribution in [2.24, 2.45) is 5.73 Å². The molecule has 0 aliphatic rings. The first-order chi connectivity index (χ1) is 14.1. The van der Waals surface area contributed by atoms with Gasteiger partial charge in [-0.1, -0.05) is 6.07 Å².